The fourth-order valence-electron chi connectivity index (χ4n) is 3.86. The lowest BCUT2D eigenvalue weighted by Gasteiger charge is -2.36. The third kappa shape index (κ3) is 4.15. The fourth-order valence-corrected chi connectivity index (χ4v) is 3.86. The summed E-state index contributed by atoms with van der Waals surface area (Å²) >= 11 is 0. The van der Waals surface area contributed by atoms with Crippen LogP contribution in [0.15, 0.2) is 53.1 Å². The quantitative estimate of drug-likeness (QED) is 0.586. The Bertz CT molecular complexity index is 1120. The van der Waals surface area contributed by atoms with Crippen molar-refractivity contribution in [3.05, 3.63) is 65.4 Å². The van der Waals surface area contributed by atoms with Gasteiger partial charge in [-0.1, -0.05) is 29.4 Å². The highest BCUT2D eigenvalue weighted by Gasteiger charge is 2.33. The van der Waals surface area contributed by atoms with E-state index in [1.54, 1.807) is 18.9 Å². The van der Waals surface area contributed by atoms with Gasteiger partial charge in [0.1, 0.15) is 22.8 Å². The van der Waals surface area contributed by atoms with Crippen LogP contribution in [-0.2, 0) is 6.18 Å². The van der Waals surface area contributed by atoms with Gasteiger partial charge in [-0.15, -0.1) is 0 Å². The number of nitrogens with zero attached hydrogens (tertiary/aromatic N) is 3. The molecule has 0 spiro atoms. The van der Waals surface area contributed by atoms with Crippen molar-refractivity contribution in [2.45, 2.75) is 13.1 Å². The van der Waals surface area contributed by atoms with E-state index in [1.165, 1.54) is 12.1 Å². The van der Waals surface area contributed by atoms with Crippen LogP contribution in [0.3, 0.4) is 0 Å². The lowest BCUT2D eigenvalue weighted by atomic mass is 10.0. The molecule has 2 aromatic carbocycles. The molecule has 0 unspecified atom stereocenters. The van der Waals surface area contributed by atoms with E-state index < -0.39 is 11.7 Å². The van der Waals surface area contributed by atoms with Crippen LogP contribution in [0.25, 0.3) is 11.3 Å². The molecule has 1 aliphatic heterocycles. The number of halogens is 3. The van der Waals surface area contributed by atoms with Crippen LogP contribution < -0.4 is 9.64 Å². The predicted molar refractivity (Wildman–Crippen MR) is 113 cm³/mol. The van der Waals surface area contributed by atoms with E-state index in [4.69, 9.17) is 9.26 Å². The van der Waals surface area contributed by atoms with Crippen LogP contribution in [0.4, 0.5) is 18.9 Å². The number of hydrogen-bond donors (Lipinski definition) is 0. The third-order valence-electron chi connectivity index (χ3n) is 5.53. The van der Waals surface area contributed by atoms with Crippen LogP contribution in [-0.4, -0.2) is 49.3 Å². The molecule has 0 saturated carbocycles. The van der Waals surface area contributed by atoms with Gasteiger partial charge in [0.2, 0.25) is 0 Å². The minimum atomic E-state index is -4.49. The number of aromatic nitrogens is 1. The number of carbonyl (C=O) groups is 1. The highest BCUT2D eigenvalue weighted by Crippen LogP contribution is 2.34. The molecule has 0 aliphatic carbocycles. The molecule has 32 heavy (non-hydrogen) atoms. The highest BCUT2D eigenvalue weighted by molar-refractivity contribution is 6.01. The van der Waals surface area contributed by atoms with Crippen LogP contribution in [0.5, 0.6) is 5.75 Å². The van der Waals surface area contributed by atoms with Crippen LogP contribution in [0.1, 0.15) is 21.7 Å². The Labute approximate surface area is 183 Å². The van der Waals surface area contributed by atoms with Crippen molar-refractivity contribution in [3.8, 4) is 17.0 Å². The first-order valence-corrected chi connectivity index (χ1v) is 10.1. The summed E-state index contributed by atoms with van der Waals surface area (Å²) in [6.45, 7) is 3.67. The van der Waals surface area contributed by atoms with Crippen LogP contribution in [0, 0.1) is 6.92 Å². The second kappa shape index (κ2) is 8.57. The largest absolute Gasteiger partial charge is 0.495 e. The minimum absolute atomic E-state index is 0.116. The van der Waals surface area contributed by atoms with Crippen molar-refractivity contribution in [1.82, 2.24) is 10.1 Å². The molecule has 9 heteroatoms. The molecule has 1 aliphatic rings. The number of piperazine rings is 1. The first kappa shape index (κ1) is 21.7. The second-order valence-electron chi connectivity index (χ2n) is 7.49. The number of rotatable bonds is 4. The van der Waals surface area contributed by atoms with Crippen LogP contribution in [0.2, 0.25) is 0 Å². The van der Waals surface area contributed by atoms with Crippen molar-refractivity contribution in [2.75, 3.05) is 38.2 Å². The van der Waals surface area contributed by atoms with Gasteiger partial charge in [-0.2, -0.15) is 13.2 Å². The van der Waals surface area contributed by atoms with Gasteiger partial charge in [-0.3, -0.25) is 4.79 Å². The summed E-state index contributed by atoms with van der Waals surface area (Å²) in [4.78, 5) is 17.1. The molecule has 0 radical (unpaired) electrons. The maximum absolute atomic E-state index is 13.3. The Morgan fingerprint density at radius 1 is 1.06 bits per heavy atom. The number of aryl methyl sites for hydroxylation is 1. The highest BCUT2D eigenvalue weighted by atomic mass is 19.4. The van der Waals surface area contributed by atoms with Gasteiger partial charge in [0.05, 0.1) is 18.4 Å². The van der Waals surface area contributed by atoms with Crippen molar-refractivity contribution < 1.29 is 27.2 Å². The van der Waals surface area contributed by atoms with E-state index in [1.807, 2.05) is 24.3 Å². The molecular weight excluding hydrogens is 423 g/mol. The average molecular weight is 445 g/mol. The normalized spacial score (nSPS) is 14.5. The van der Waals surface area contributed by atoms with Gasteiger partial charge >= 0.3 is 6.18 Å². The van der Waals surface area contributed by atoms with Crippen molar-refractivity contribution in [3.63, 3.8) is 0 Å². The first-order chi connectivity index (χ1) is 15.3. The standard InChI is InChI=1S/C23H22F3N3O3/c1-15-20(21(27-32-15)16-6-5-7-17(14-16)23(24,25)26)22(30)29-12-10-28(11-13-29)18-8-3-4-9-19(18)31-2/h3-9,14H,10-13H2,1-2H3. The molecule has 1 saturated heterocycles. The van der Waals surface area contributed by atoms with Crippen molar-refractivity contribution in [1.29, 1.82) is 0 Å². The lowest BCUT2D eigenvalue weighted by Crippen LogP contribution is -2.49. The number of alkyl halides is 3. The molecule has 168 valence electrons. The number of carbonyl (C=O) groups excluding carboxylic acids is 1. The summed E-state index contributed by atoms with van der Waals surface area (Å²) in [6.07, 6.45) is -4.49. The van der Waals surface area contributed by atoms with Gasteiger partial charge in [-0.05, 0) is 31.2 Å². The molecule has 1 aromatic heterocycles. The minimum Gasteiger partial charge on any atom is -0.495 e. The maximum atomic E-state index is 13.3. The number of anilines is 1. The number of para-hydroxylation sites is 2. The third-order valence-corrected chi connectivity index (χ3v) is 5.53. The summed E-state index contributed by atoms with van der Waals surface area (Å²) in [6, 6.07) is 12.4. The topological polar surface area (TPSA) is 58.8 Å². The number of ether oxygens (including phenoxy) is 1. The molecule has 0 bridgehead atoms. The van der Waals surface area contributed by atoms with Crippen LogP contribution >= 0.6 is 0 Å². The Kier molecular flexibility index (Phi) is 5.82. The summed E-state index contributed by atoms with van der Waals surface area (Å²) in [5.74, 6) is 0.722. The predicted octanol–water partition coefficient (Wildman–Crippen LogP) is 4.64. The Balaban J connectivity index is 1.55. The molecule has 1 amide bonds. The van der Waals surface area contributed by atoms with E-state index in [0.717, 1.165) is 23.6 Å². The van der Waals surface area contributed by atoms with E-state index in [2.05, 4.69) is 10.1 Å². The fraction of sp³-hybridized carbons (Fsp3) is 0.304. The van der Waals surface area contributed by atoms with Gasteiger partial charge in [-0.25, -0.2) is 0 Å². The molecular formula is C23H22F3N3O3. The number of benzene rings is 2. The molecule has 3 aromatic rings. The zero-order valence-electron chi connectivity index (χ0n) is 17.6. The van der Waals surface area contributed by atoms with E-state index in [-0.39, 0.29) is 28.5 Å². The number of hydrogen-bond acceptors (Lipinski definition) is 5. The molecule has 4 rings (SSSR count). The van der Waals surface area contributed by atoms with Gasteiger partial charge in [0.25, 0.3) is 5.91 Å². The molecule has 0 atom stereocenters. The molecule has 0 N–H and O–H groups in total. The Morgan fingerprint density at radius 2 is 1.78 bits per heavy atom. The monoisotopic (exact) mass is 445 g/mol. The van der Waals surface area contributed by atoms with Gasteiger partial charge < -0.3 is 19.1 Å². The van der Waals surface area contributed by atoms with Gasteiger partial charge in [0.15, 0.2) is 0 Å². The first-order valence-electron chi connectivity index (χ1n) is 10.1. The van der Waals surface area contributed by atoms with E-state index >= 15 is 0 Å². The molecule has 2 heterocycles. The van der Waals surface area contributed by atoms with E-state index in [9.17, 15) is 18.0 Å². The second-order valence-corrected chi connectivity index (χ2v) is 7.49. The van der Waals surface area contributed by atoms with Crippen molar-refractivity contribution >= 4 is 11.6 Å². The Morgan fingerprint density at radius 3 is 2.47 bits per heavy atom. The smallest absolute Gasteiger partial charge is 0.416 e. The summed E-state index contributed by atoms with van der Waals surface area (Å²) in [5.41, 5.74) is 0.640. The van der Waals surface area contributed by atoms with Gasteiger partial charge in [0, 0.05) is 31.7 Å². The average Bonchev–Trinajstić information content (AvgIpc) is 3.19. The number of amides is 1. The zero-order valence-corrected chi connectivity index (χ0v) is 17.6. The molecule has 6 nitrogen and oxygen atoms in total. The Hall–Kier alpha value is -3.49. The maximum Gasteiger partial charge on any atom is 0.416 e. The summed E-state index contributed by atoms with van der Waals surface area (Å²) in [7, 11) is 1.61. The zero-order chi connectivity index (χ0) is 22.9. The number of methoxy groups -OCH3 is 1. The van der Waals surface area contributed by atoms with E-state index in [0.29, 0.717) is 26.2 Å². The SMILES string of the molecule is COc1ccccc1N1CCN(C(=O)c2c(-c3cccc(C(F)(F)F)c3)noc2C)CC1. The summed E-state index contributed by atoms with van der Waals surface area (Å²) in [5, 5.41) is 3.89. The van der Waals surface area contributed by atoms with Crippen molar-refractivity contribution in [2.24, 2.45) is 0 Å². The molecule has 1 fully saturated rings. The lowest BCUT2D eigenvalue weighted by molar-refractivity contribution is -0.137. The summed E-state index contributed by atoms with van der Waals surface area (Å²) < 4.78 is 50.0.